The molecule has 204 valence electrons. The largest absolute Gasteiger partial charge is 0.475 e. The van der Waals surface area contributed by atoms with Gasteiger partial charge in [-0.25, -0.2) is 9.78 Å². The topological polar surface area (TPSA) is 140 Å². The Labute approximate surface area is 230 Å². The van der Waals surface area contributed by atoms with Crippen LogP contribution in [0.3, 0.4) is 0 Å². The summed E-state index contributed by atoms with van der Waals surface area (Å²) in [6, 6.07) is 11.0. The van der Waals surface area contributed by atoms with Gasteiger partial charge in [0.25, 0.3) is 0 Å². The molecule has 5 heterocycles. The molecule has 3 aromatic heterocycles. The number of furan rings is 1. The lowest BCUT2D eigenvalue weighted by Gasteiger charge is -2.29. The van der Waals surface area contributed by atoms with Crippen LogP contribution in [0.5, 0.6) is 5.88 Å². The van der Waals surface area contributed by atoms with Gasteiger partial charge in [0.2, 0.25) is 17.4 Å². The van der Waals surface area contributed by atoms with Crippen LogP contribution in [0.15, 0.2) is 47.0 Å². The third-order valence-corrected chi connectivity index (χ3v) is 7.34. The number of hydrogen-bond donors (Lipinski definition) is 1. The summed E-state index contributed by atoms with van der Waals surface area (Å²) >= 11 is 0. The highest BCUT2D eigenvalue weighted by atomic mass is 16.5. The Morgan fingerprint density at radius 3 is 2.85 bits per heavy atom. The third kappa shape index (κ3) is 5.32. The fraction of sp³-hybridized carbons (Fsp3) is 0.345. The summed E-state index contributed by atoms with van der Waals surface area (Å²) in [7, 11) is 0. The number of ether oxygens (including phenoxy) is 2. The van der Waals surface area contributed by atoms with E-state index in [0.717, 1.165) is 48.5 Å². The molecular formula is C29H28N6O5. The van der Waals surface area contributed by atoms with Gasteiger partial charge in [0.15, 0.2) is 5.82 Å². The fourth-order valence-electron chi connectivity index (χ4n) is 4.94. The van der Waals surface area contributed by atoms with E-state index in [0.29, 0.717) is 54.7 Å². The Bertz CT molecular complexity index is 1640. The molecule has 2 aliphatic rings. The van der Waals surface area contributed by atoms with Crippen LogP contribution in [-0.2, 0) is 24.4 Å². The predicted octanol–water partition coefficient (Wildman–Crippen LogP) is 3.95. The molecule has 4 aromatic rings. The van der Waals surface area contributed by atoms with Gasteiger partial charge in [-0.3, -0.25) is 4.90 Å². The number of imidazole rings is 1. The van der Waals surface area contributed by atoms with Gasteiger partial charge < -0.3 is 23.6 Å². The first kappa shape index (κ1) is 25.7. The standard InChI is InChI=1S/C29H28N6O5/c1-18-12-19(14-30)2-3-21(18)17-39-26-4-8-31-27(33-26)20-5-9-34(10-6-20)16-25-32-28-23(13-24(40-28)29(36)37)35(25)15-22-7-11-38-22/h2-5,8,12-13,22H,6-7,9-11,15-17H2,1H3,(H,36,37). The number of nitrogens with zero attached hydrogens (tertiary/aromatic N) is 6. The van der Waals surface area contributed by atoms with E-state index in [1.54, 1.807) is 18.3 Å². The Morgan fingerprint density at radius 2 is 2.15 bits per heavy atom. The van der Waals surface area contributed by atoms with E-state index in [9.17, 15) is 9.90 Å². The van der Waals surface area contributed by atoms with Crippen molar-refractivity contribution in [1.82, 2.24) is 24.4 Å². The molecule has 1 atom stereocenters. The molecule has 1 N–H and O–H groups in total. The van der Waals surface area contributed by atoms with Gasteiger partial charge in [0.05, 0.1) is 30.8 Å². The highest BCUT2D eigenvalue weighted by Gasteiger charge is 2.26. The zero-order chi connectivity index (χ0) is 27.6. The minimum atomic E-state index is -1.11. The number of carboxylic acids is 1. The SMILES string of the molecule is Cc1cc(C#N)ccc1COc1ccnc(C2=CCN(Cc3nc4oc(C(=O)O)cc4n3CC3CCO3)CC2)n1. The van der Waals surface area contributed by atoms with Crippen molar-refractivity contribution in [2.45, 2.75) is 45.6 Å². The van der Waals surface area contributed by atoms with E-state index in [4.69, 9.17) is 19.2 Å². The molecular weight excluding hydrogens is 512 g/mol. The summed E-state index contributed by atoms with van der Waals surface area (Å²) in [6.45, 7) is 5.76. The van der Waals surface area contributed by atoms with Gasteiger partial charge >= 0.3 is 5.97 Å². The Morgan fingerprint density at radius 1 is 1.27 bits per heavy atom. The maximum Gasteiger partial charge on any atom is 0.371 e. The van der Waals surface area contributed by atoms with Gasteiger partial charge in [-0.05, 0) is 48.6 Å². The third-order valence-electron chi connectivity index (χ3n) is 7.34. The van der Waals surface area contributed by atoms with Crippen molar-refractivity contribution in [1.29, 1.82) is 5.26 Å². The Kier molecular flexibility index (Phi) is 7.02. The lowest BCUT2D eigenvalue weighted by Crippen LogP contribution is -2.33. The number of aromatic carboxylic acids is 1. The number of carboxylic acid groups (broad SMARTS) is 1. The second-order valence-corrected chi connectivity index (χ2v) is 10.0. The zero-order valence-electron chi connectivity index (χ0n) is 22.0. The van der Waals surface area contributed by atoms with Crippen LogP contribution in [-0.4, -0.2) is 61.3 Å². The quantitative estimate of drug-likeness (QED) is 0.332. The number of nitriles is 1. The van der Waals surface area contributed by atoms with Gasteiger partial charge in [0, 0.05) is 38.0 Å². The molecule has 6 rings (SSSR count). The second kappa shape index (κ2) is 10.9. The molecule has 1 fully saturated rings. The monoisotopic (exact) mass is 540 g/mol. The smallest absolute Gasteiger partial charge is 0.371 e. The molecule has 40 heavy (non-hydrogen) atoms. The molecule has 0 bridgehead atoms. The highest BCUT2D eigenvalue weighted by Crippen LogP contribution is 2.27. The highest BCUT2D eigenvalue weighted by molar-refractivity contribution is 5.89. The molecule has 11 heteroatoms. The summed E-state index contributed by atoms with van der Waals surface area (Å²) in [5.41, 5.74) is 4.70. The lowest BCUT2D eigenvalue weighted by atomic mass is 10.1. The zero-order valence-corrected chi connectivity index (χ0v) is 22.0. The minimum absolute atomic E-state index is 0.0969. The maximum absolute atomic E-state index is 11.4. The van der Waals surface area contributed by atoms with Crippen LogP contribution in [0, 0.1) is 18.3 Å². The van der Waals surface area contributed by atoms with Gasteiger partial charge in [-0.1, -0.05) is 12.1 Å². The van der Waals surface area contributed by atoms with Crippen LogP contribution in [0.2, 0.25) is 0 Å². The van der Waals surface area contributed by atoms with E-state index in [1.165, 1.54) is 6.07 Å². The number of fused-ring (bicyclic) bond motifs is 1. The van der Waals surface area contributed by atoms with Crippen LogP contribution in [0.4, 0.5) is 0 Å². The second-order valence-electron chi connectivity index (χ2n) is 10.0. The van der Waals surface area contributed by atoms with Crippen molar-refractivity contribution in [2.24, 2.45) is 0 Å². The first-order valence-corrected chi connectivity index (χ1v) is 13.2. The molecule has 11 nitrogen and oxygen atoms in total. The average molecular weight is 541 g/mol. The van der Waals surface area contributed by atoms with E-state index in [2.05, 4.69) is 32.0 Å². The van der Waals surface area contributed by atoms with E-state index in [-0.39, 0.29) is 11.9 Å². The molecule has 1 unspecified atom stereocenters. The first-order valence-electron chi connectivity index (χ1n) is 13.2. The normalized spacial score (nSPS) is 17.3. The van der Waals surface area contributed by atoms with Gasteiger partial charge in [0.1, 0.15) is 17.9 Å². The number of benzene rings is 1. The van der Waals surface area contributed by atoms with E-state index >= 15 is 0 Å². The van der Waals surface area contributed by atoms with E-state index in [1.807, 2.05) is 23.6 Å². The minimum Gasteiger partial charge on any atom is -0.475 e. The van der Waals surface area contributed by atoms with Crippen molar-refractivity contribution >= 4 is 22.8 Å². The molecule has 0 amide bonds. The Balaban J connectivity index is 1.12. The molecule has 1 saturated heterocycles. The average Bonchev–Trinajstić information content (AvgIpc) is 3.49. The molecule has 0 spiro atoms. The number of rotatable bonds is 9. The lowest BCUT2D eigenvalue weighted by molar-refractivity contribution is -0.0591. The van der Waals surface area contributed by atoms with Crippen molar-refractivity contribution in [3.8, 4) is 11.9 Å². The van der Waals surface area contributed by atoms with E-state index < -0.39 is 5.97 Å². The van der Waals surface area contributed by atoms with Crippen LogP contribution in [0.1, 0.15) is 51.7 Å². The number of aromatic nitrogens is 4. The van der Waals surface area contributed by atoms with Crippen molar-refractivity contribution < 1.29 is 23.8 Å². The number of hydrogen-bond acceptors (Lipinski definition) is 9. The first-order chi connectivity index (χ1) is 19.5. The maximum atomic E-state index is 11.4. The predicted molar refractivity (Wildman–Crippen MR) is 143 cm³/mol. The molecule has 2 aliphatic heterocycles. The number of aryl methyl sites for hydroxylation is 1. The van der Waals surface area contributed by atoms with Crippen LogP contribution < -0.4 is 4.74 Å². The van der Waals surface area contributed by atoms with Crippen LogP contribution in [0.25, 0.3) is 16.8 Å². The summed E-state index contributed by atoms with van der Waals surface area (Å²) < 4.78 is 19.1. The molecule has 1 aromatic carbocycles. The number of carbonyl (C=O) groups is 1. The van der Waals surface area contributed by atoms with Crippen molar-refractivity contribution in [3.05, 3.63) is 76.7 Å². The summed E-state index contributed by atoms with van der Waals surface area (Å²) in [6.07, 6.45) is 5.66. The Hall–Kier alpha value is -4.53. The summed E-state index contributed by atoms with van der Waals surface area (Å²) in [4.78, 5) is 27.4. The molecule has 0 saturated carbocycles. The van der Waals surface area contributed by atoms with Crippen LogP contribution >= 0.6 is 0 Å². The van der Waals surface area contributed by atoms with Gasteiger partial charge in [-0.2, -0.15) is 15.2 Å². The summed E-state index contributed by atoms with van der Waals surface area (Å²) in [5.74, 6) is 0.747. The fourth-order valence-corrected chi connectivity index (χ4v) is 4.94. The van der Waals surface area contributed by atoms with Crippen molar-refractivity contribution in [3.63, 3.8) is 0 Å². The van der Waals surface area contributed by atoms with Gasteiger partial charge in [-0.15, -0.1) is 0 Å². The molecule has 0 radical (unpaired) electrons. The summed E-state index contributed by atoms with van der Waals surface area (Å²) in [5, 5.41) is 18.4. The molecule has 0 aliphatic carbocycles. The van der Waals surface area contributed by atoms with Crippen molar-refractivity contribution in [2.75, 3.05) is 19.7 Å².